The number of amides is 2. The molecule has 1 fully saturated rings. The summed E-state index contributed by atoms with van der Waals surface area (Å²) in [4.78, 5) is 29.5. The van der Waals surface area contributed by atoms with E-state index < -0.39 is 0 Å². The fraction of sp³-hybridized carbons (Fsp3) is 0.263. The SMILES string of the molecule is O=C(CSc1ccc(Cl)cc1)N1CCN(C(=O)c2ccc(Cl)cc2)CC1. The quantitative estimate of drug-likeness (QED) is 0.715. The average molecular weight is 409 g/mol. The molecule has 136 valence electrons. The zero-order chi connectivity index (χ0) is 18.5. The number of carbonyl (C=O) groups is 2. The molecule has 0 aliphatic carbocycles. The van der Waals surface area contributed by atoms with Crippen LogP contribution in [0.3, 0.4) is 0 Å². The van der Waals surface area contributed by atoms with Crippen LogP contribution in [0.5, 0.6) is 0 Å². The molecule has 0 saturated carbocycles. The molecule has 0 radical (unpaired) electrons. The van der Waals surface area contributed by atoms with E-state index in [-0.39, 0.29) is 11.8 Å². The highest BCUT2D eigenvalue weighted by Gasteiger charge is 2.24. The minimum absolute atomic E-state index is 0.0238. The summed E-state index contributed by atoms with van der Waals surface area (Å²) in [6.07, 6.45) is 0. The van der Waals surface area contributed by atoms with E-state index in [0.717, 1.165) is 4.90 Å². The summed E-state index contributed by atoms with van der Waals surface area (Å²) < 4.78 is 0. The number of benzene rings is 2. The van der Waals surface area contributed by atoms with Crippen molar-refractivity contribution < 1.29 is 9.59 Å². The van der Waals surface area contributed by atoms with E-state index in [1.807, 2.05) is 29.2 Å². The number of piperazine rings is 1. The van der Waals surface area contributed by atoms with E-state index in [4.69, 9.17) is 23.2 Å². The predicted octanol–water partition coefficient (Wildman–Crippen LogP) is 4.07. The van der Waals surface area contributed by atoms with E-state index in [2.05, 4.69) is 0 Å². The van der Waals surface area contributed by atoms with Crippen LogP contribution in [0.2, 0.25) is 10.0 Å². The smallest absolute Gasteiger partial charge is 0.253 e. The summed E-state index contributed by atoms with van der Waals surface area (Å²) in [5, 5.41) is 1.29. The monoisotopic (exact) mass is 408 g/mol. The second-order valence-electron chi connectivity index (χ2n) is 5.92. The van der Waals surface area contributed by atoms with Crippen LogP contribution in [0.25, 0.3) is 0 Å². The molecule has 4 nitrogen and oxygen atoms in total. The molecule has 2 aromatic rings. The van der Waals surface area contributed by atoms with Gasteiger partial charge >= 0.3 is 0 Å². The summed E-state index contributed by atoms with van der Waals surface area (Å²) in [6.45, 7) is 2.19. The second-order valence-corrected chi connectivity index (χ2v) is 7.84. The van der Waals surface area contributed by atoms with Crippen molar-refractivity contribution in [3.8, 4) is 0 Å². The Balaban J connectivity index is 1.48. The highest BCUT2D eigenvalue weighted by atomic mass is 35.5. The first-order chi connectivity index (χ1) is 12.5. The van der Waals surface area contributed by atoms with Gasteiger partial charge in [-0.2, -0.15) is 0 Å². The zero-order valence-electron chi connectivity index (χ0n) is 14.0. The lowest BCUT2D eigenvalue weighted by Gasteiger charge is -2.34. The van der Waals surface area contributed by atoms with E-state index in [0.29, 0.717) is 47.5 Å². The van der Waals surface area contributed by atoms with Crippen molar-refractivity contribution in [2.75, 3.05) is 31.9 Å². The molecule has 1 saturated heterocycles. The Morgan fingerprint density at radius 2 is 1.31 bits per heavy atom. The van der Waals surface area contributed by atoms with Crippen LogP contribution in [0.15, 0.2) is 53.4 Å². The first kappa shape index (κ1) is 19.1. The second kappa shape index (κ2) is 8.80. The zero-order valence-corrected chi connectivity index (χ0v) is 16.4. The maximum absolute atomic E-state index is 12.5. The third kappa shape index (κ3) is 4.93. The van der Waals surface area contributed by atoms with Crippen molar-refractivity contribution in [2.24, 2.45) is 0 Å². The van der Waals surface area contributed by atoms with Crippen LogP contribution in [0, 0.1) is 0 Å². The van der Waals surface area contributed by atoms with Crippen molar-refractivity contribution in [3.63, 3.8) is 0 Å². The van der Waals surface area contributed by atoms with E-state index in [9.17, 15) is 9.59 Å². The van der Waals surface area contributed by atoms with Gasteiger partial charge in [-0.1, -0.05) is 23.2 Å². The molecule has 0 N–H and O–H groups in total. The van der Waals surface area contributed by atoms with Gasteiger partial charge in [-0.25, -0.2) is 0 Å². The maximum atomic E-state index is 12.5. The molecule has 3 rings (SSSR count). The Morgan fingerprint density at radius 1 is 0.808 bits per heavy atom. The van der Waals surface area contributed by atoms with E-state index in [1.54, 1.807) is 29.2 Å². The number of rotatable bonds is 4. The molecule has 2 aromatic carbocycles. The molecular weight excluding hydrogens is 391 g/mol. The topological polar surface area (TPSA) is 40.6 Å². The molecule has 0 bridgehead atoms. The van der Waals surface area contributed by atoms with Gasteiger partial charge in [-0.05, 0) is 48.5 Å². The molecule has 1 aliphatic heterocycles. The molecule has 26 heavy (non-hydrogen) atoms. The molecule has 1 heterocycles. The van der Waals surface area contributed by atoms with Crippen molar-refractivity contribution in [2.45, 2.75) is 4.90 Å². The van der Waals surface area contributed by atoms with Gasteiger partial charge in [-0.3, -0.25) is 9.59 Å². The standard InChI is InChI=1S/C19H18Cl2N2O2S/c20-15-3-1-14(2-4-15)19(25)23-11-9-22(10-12-23)18(24)13-26-17-7-5-16(21)6-8-17/h1-8H,9-13H2. The number of nitrogens with zero attached hydrogens (tertiary/aromatic N) is 2. The molecule has 0 aromatic heterocycles. The lowest BCUT2D eigenvalue weighted by atomic mass is 10.2. The Kier molecular flexibility index (Phi) is 6.46. The van der Waals surface area contributed by atoms with Crippen LogP contribution in [0.4, 0.5) is 0 Å². The third-order valence-corrected chi connectivity index (χ3v) is 5.69. The predicted molar refractivity (Wildman–Crippen MR) is 106 cm³/mol. The highest BCUT2D eigenvalue weighted by molar-refractivity contribution is 8.00. The fourth-order valence-corrected chi connectivity index (χ4v) is 3.75. The summed E-state index contributed by atoms with van der Waals surface area (Å²) in [6, 6.07) is 14.3. The van der Waals surface area contributed by atoms with E-state index >= 15 is 0 Å². The first-order valence-electron chi connectivity index (χ1n) is 8.24. The lowest BCUT2D eigenvalue weighted by molar-refractivity contribution is -0.129. The van der Waals surface area contributed by atoms with Gasteiger partial charge in [0.1, 0.15) is 0 Å². The molecular formula is C19H18Cl2N2O2S. The van der Waals surface area contributed by atoms with Crippen LogP contribution in [-0.4, -0.2) is 53.5 Å². The van der Waals surface area contributed by atoms with Gasteiger partial charge in [0.05, 0.1) is 5.75 Å². The van der Waals surface area contributed by atoms with Crippen molar-refractivity contribution in [3.05, 3.63) is 64.1 Å². The molecule has 7 heteroatoms. The molecule has 2 amide bonds. The van der Waals surface area contributed by atoms with Crippen LogP contribution in [-0.2, 0) is 4.79 Å². The number of carbonyl (C=O) groups excluding carboxylic acids is 2. The molecule has 1 aliphatic rings. The largest absolute Gasteiger partial charge is 0.338 e. The Labute approximate surface area is 167 Å². The lowest BCUT2D eigenvalue weighted by Crippen LogP contribution is -2.51. The van der Waals surface area contributed by atoms with Gasteiger partial charge in [0.25, 0.3) is 5.91 Å². The van der Waals surface area contributed by atoms with Crippen molar-refractivity contribution in [1.82, 2.24) is 9.80 Å². The van der Waals surface area contributed by atoms with E-state index in [1.165, 1.54) is 11.8 Å². The third-order valence-electron chi connectivity index (χ3n) is 4.19. The van der Waals surface area contributed by atoms with Gasteiger partial charge in [0, 0.05) is 46.7 Å². The molecule has 0 unspecified atom stereocenters. The molecule has 0 spiro atoms. The minimum atomic E-state index is -0.0238. The van der Waals surface area contributed by atoms with Gasteiger partial charge < -0.3 is 9.80 Å². The summed E-state index contributed by atoms with van der Waals surface area (Å²) in [7, 11) is 0. The van der Waals surface area contributed by atoms with Crippen LogP contribution in [0.1, 0.15) is 10.4 Å². The van der Waals surface area contributed by atoms with Crippen molar-refractivity contribution >= 4 is 46.8 Å². The fourth-order valence-electron chi connectivity index (χ4n) is 2.70. The summed E-state index contributed by atoms with van der Waals surface area (Å²) in [5.74, 6) is 0.445. The summed E-state index contributed by atoms with van der Waals surface area (Å²) >= 11 is 13.2. The van der Waals surface area contributed by atoms with Crippen LogP contribution >= 0.6 is 35.0 Å². The Morgan fingerprint density at radius 3 is 1.88 bits per heavy atom. The Hall–Kier alpha value is -1.69. The average Bonchev–Trinajstić information content (AvgIpc) is 2.67. The summed E-state index contributed by atoms with van der Waals surface area (Å²) in [5.41, 5.74) is 0.618. The number of hydrogen-bond donors (Lipinski definition) is 0. The van der Waals surface area contributed by atoms with Crippen molar-refractivity contribution in [1.29, 1.82) is 0 Å². The van der Waals surface area contributed by atoms with Crippen LogP contribution < -0.4 is 0 Å². The number of hydrogen-bond acceptors (Lipinski definition) is 3. The molecule has 0 atom stereocenters. The Bertz CT molecular complexity index is 773. The van der Waals surface area contributed by atoms with Gasteiger partial charge in [0.15, 0.2) is 0 Å². The number of halogens is 2. The number of thioether (sulfide) groups is 1. The minimum Gasteiger partial charge on any atom is -0.338 e. The maximum Gasteiger partial charge on any atom is 0.253 e. The van der Waals surface area contributed by atoms with Gasteiger partial charge in [0.2, 0.25) is 5.91 Å². The normalized spacial score (nSPS) is 14.4. The first-order valence-corrected chi connectivity index (χ1v) is 9.98. The highest BCUT2D eigenvalue weighted by Crippen LogP contribution is 2.21. The van der Waals surface area contributed by atoms with Gasteiger partial charge in [-0.15, -0.1) is 11.8 Å².